The largest absolute Gasteiger partial charge is 0.383 e. The average molecular weight is 262 g/mol. The molecule has 0 aliphatic rings. The summed E-state index contributed by atoms with van der Waals surface area (Å²) in [7, 11) is 3.86. The van der Waals surface area contributed by atoms with Crippen molar-refractivity contribution >= 4 is 10.9 Å². The Labute approximate surface area is 113 Å². The number of ether oxygens (including phenoxy) is 1. The molecule has 1 heterocycles. The van der Waals surface area contributed by atoms with Crippen molar-refractivity contribution in [3.8, 4) is 0 Å². The predicted octanol–water partition coefficient (Wildman–Crippen LogP) is 1.23. The third kappa shape index (κ3) is 4.31. The molecule has 0 radical (unpaired) electrons. The summed E-state index contributed by atoms with van der Waals surface area (Å²) >= 11 is 0. The van der Waals surface area contributed by atoms with Crippen LogP contribution in [0.2, 0.25) is 0 Å². The molecule has 0 amide bonds. The Morgan fingerprint density at radius 1 is 1.37 bits per heavy atom. The zero-order valence-electron chi connectivity index (χ0n) is 11.6. The molecule has 0 saturated carbocycles. The highest BCUT2D eigenvalue weighted by atomic mass is 16.5. The zero-order valence-corrected chi connectivity index (χ0v) is 11.6. The van der Waals surface area contributed by atoms with E-state index in [-0.39, 0.29) is 0 Å². The quantitative estimate of drug-likeness (QED) is 0.703. The van der Waals surface area contributed by atoms with Crippen molar-refractivity contribution in [2.45, 2.75) is 6.54 Å². The number of H-pyrrole nitrogens is 1. The van der Waals surface area contributed by atoms with E-state index in [1.54, 1.807) is 7.11 Å². The first-order valence-corrected chi connectivity index (χ1v) is 6.60. The van der Waals surface area contributed by atoms with Gasteiger partial charge in [-0.05, 0) is 18.7 Å². The first kappa shape index (κ1) is 14.0. The fourth-order valence-corrected chi connectivity index (χ4v) is 2.04. The van der Waals surface area contributed by atoms with Gasteiger partial charge in [-0.15, -0.1) is 0 Å². The summed E-state index contributed by atoms with van der Waals surface area (Å²) in [6.45, 7) is 4.61. The first-order chi connectivity index (χ1) is 9.29. The number of hydrogen-bond acceptors (Lipinski definition) is 4. The number of aromatic nitrogens is 2. The second-order valence-electron chi connectivity index (χ2n) is 4.77. The van der Waals surface area contributed by atoms with E-state index in [9.17, 15) is 0 Å². The van der Waals surface area contributed by atoms with Crippen LogP contribution in [0.5, 0.6) is 0 Å². The summed E-state index contributed by atoms with van der Waals surface area (Å²) in [5.41, 5.74) is 2.40. The third-order valence-corrected chi connectivity index (χ3v) is 3.11. The zero-order chi connectivity index (χ0) is 13.5. The molecule has 0 unspecified atom stereocenters. The van der Waals surface area contributed by atoms with Crippen molar-refractivity contribution in [3.63, 3.8) is 0 Å². The lowest BCUT2D eigenvalue weighted by molar-refractivity contribution is 0.197. The highest BCUT2D eigenvalue weighted by Gasteiger charge is 2.02. The highest BCUT2D eigenvalue weighted by Crippen LogP contribution is 2.13. The van der Waals surface area contributed by atoms with E-state index in [0.29, 0.717) is 0 Å². The number of nitrogens with zero attached hydrogens (tertiary/aromatic N) is 2. The normalized spacial score (nSPS) is 11.5. The fourth-order valence-electron chi connectivity index (χ4n) is 2.04. The molecule has 2 aromatic rings. The van der Waals surface area contributed by atoms with Crippen molar-refractivity contribution in [1.29, 1.82) is 0 Å². The maximum atomic E-state index is 4.99. The van der Waals surface area contributed by atoms with E-state index in [1.165, 1.54) is 5.56 Å². The van der Waals surface area contributed by atoms with Crippen LogP contribution in [0.25, 0.3) is 10.9 Å². The summed E-state index contributed by atoms with van der Waals surface area (Å²) in [4.78, 5) is 2.30. The SMILES string of the molecule is COCCNCCN(C)Cc1ccc2cn[nH]c2c1. The lowest BCUT2D eigenvalue weighted by Gasteiger charge is -2.17. The molecule has 1 aromatic heterocycles. The molecular formula is C14H22N4O. The number of methoxy groups -OCH3 is 1. The van der Waals surface area contributed by atoms with Crippen LogP contribution in [0.1, 0.15) is 5.56 Å². The summed E-state index contributed by atoms with van der Waals surface area (Å²) in [6, 6.07) is 6.43. The van der Waals surface area contributed by atoms with Gasteiger partial charge >= 0.3 is 0 Å². The van der Waals surface area contributed by atoms with Crippen molar-refractivity contribution in [2.75, 3.05) is 40.4 Å². The van der Waals surface area contributed by atoms with Gasteiger partial charge in [0.15, 0.2) is 0 Å². The molecule has 104 valence electrons. The molecule has 0 fully saturated rings. The minimum atomic E-state index is 0.764. The van der Waals surface area contributed by atoms with Gasteiger partial charge in [0.2, 0.25) is 0 Å². The van der Waals surface area contributed by atoms with Crippen molar-refractivity contribution in [2.24, 2.45) is 0 Å². The Bertz CT molecular complexity index is 497. The van der Waals surface area contributed by atoms with Crippen LogP contribution < -0.4 is 5.32 Å². The second kappa shape index (κ2) is 7.23. The maximum Gasteiger partial charge on any atom is 0.0653 e. The van der Waals surface area contributed by atoms with Crippen LogP contribution in [0.3, 0.4) is 0 Å². The third-order valence-electron chi connectivity index (χ3n) is 3.11. The van der Waals surface area contributed by atoms with E-state index in [1.807, 2.05) is 6.20 Å². The maximum absolute atomic E-state index is 4.99. The van der Waals surface area contributed by atoms with Gasteiger partial charge in [0, 0.05) is 38.7 Å². The summed E-state index contributed by atoms with van der Waals surface area (Å²) < 4.78 is 4.99. The number of hydrogen-bond donors (Lipinski definition) is 2. The molecule has 0 aliphatic carbocycles. The Kier molecular flexibility index (Phi) is 5.32. The minimum absolute atomic E-state index is 0.764. The smallest absolute Gasteiger partial charge is 0.0653 e. The molecule has 5 heteroatoms. The number of benzene rings is 1. The minimum Gasteiger partial charge on any atom is -0.383 e. The van der Waals surface area contributed by atoms with Crippen molar-refractivity contribution < 1.29 is 4.74 Å². The Balaban J connectivity index is 1.76. The van der Waals surface area contributed by atoms with Crippen LogP contribution in [0, 0.1) is 0 Å². The molecule has 0 atom stereocenters. The predicted molar refractivity (Wildman–Crippen MR) is 77.2 cm³/mol. The molecule has 5 nitrogen and oxygen atoms in total. The van der Waals surface area contributed by atoms with Gasteiger partial charge in [0.1, 0.15) is 0 Å². The second-order valence-corrected chi connectivity index (χ2v) is 4.77. The van der Waals surface area contributed by atoms with E-state index in [0.717, 1.165) is 43.7 Å². The van der Waals surface area contributed by atoms with Crippen LogP contribution in [-0.4, -0.2) is 55.5 Å². The van der Waals surface area contributed by atoms with Crippen LogP contribution in [-0.2, 0) is 11.3 Å². The lowest BCUT2D eigenvalue weighted by atomic mass is 10.1. The number of nitrogens with one attached hydrogen (secondary N) is 2. The molecule has 19 heavy (non-hydrogen) atoms. The molecule has 0 saturated heterocycles. The van der Waals surface area contributed by atoms with Gasteiger partial charge in [0.05, 0.1) is 18.3 Å². The van der Waals surface area contributed by atoms with E-state index >= 15 is 0 Å². The lowest BCUT2D eigenvalue weighted by Crippen LogP contribution is -2.30. The molecule has 2 N–H and O–H groups in total. The van der Waals surface area contributed by atoms with Gasteiger partial charge in [0.25, 0.3) is 0 Å². The Hall–Kier alpha value is -1.43. The topological polar surface area (TPSA) is 53.2 Å². The summed E-state index contributed by atoms with van der Waals surface area (Å²) in [5.74, 6) is 0. The van der Waals surface area contributed by atoms with Crippen LogP contribution in [0.4, 0.5) is 0 Å². The van der Waals surface area contributed by atoms with E-state index < -0.39 is 0 Å². The van der Waals surface area contributed by atoms with Gasteiger partial charge < -0.3 is 15.0 Å². The van der Waals surface area contributed by atoms with Gasteiger partial charge in [-0.1, -0.05) is 12.1 Å². The molecule has 2 rings (SSSR count). The highest BCUT2D eigenvalue weighted by molar-refractivity contribution is 5.78. The Morgan fingerprint density at radius 3 is 3.11 bits per heavy atom. The number of fused-ring (bicyclic) bond motifs is 1. The van der Waals surface area contributed by atoms with Gasteiger partial charge in [-0.3, -0.25) is 5.10 Å². The molecule has 1 aromatic carbocycles. The van der Waals surface area contributed by atoms with E-state index in [2.05, 4.69) is 45.7 Å². The monoisotopic (exact) mass is 262 g/mol. The molecule has 0 spiro atoms. The van der Waals surface area contributed by atoms with E-state index in [4.69, 9.17) is 4.74 Å². The molecule has 0 bridgehead atoms. The fraction of sp³-hybridized carbons (Fsp3) is 0.500. The average Bonchev–Trinajstić information content (AvgIpc) is 2.86. The molecule has 0 aliphatic heterocycles. The van der Waals surface area contributed by atoms with Gasteiger partial charge in [-0.2, -0.15) is 5.10 Å². The summed E-state index contributed by atoms with van der Waals surface area (Å²) in [5, 5.41) is 11.5. The first-order valence-electron chi connectivity index (χ1n) is 6.60. The number of likely N-dealkylation sites (N-methyl/N-ethyl adjacent to an activating group) is 1. The van der Waals surface area contributed by atoms with Crippen molar-refractivity contribution in [1.82, 2.24) is 20.4 Å². The standard InChI is InChI=1S/C14H22N4O/c1-18(7-5-15-6-8-19-2)11-12-3-4-13-10-16-17-14(13)9-12/h3-4,9-10,15H,5-8,11H2,1-2H3,(H,16,17). The van der Waals surface area contributed by atoms with Gasteiger partial charge in [-0.25, -0.2) is 0 Å². The number of aromatic amines is 1. The number of rotatable bonds is 8. The van der Waals surface area contributed by atoms with Crippen LogP contribution in [0.15, 0.2) is 24.4 Å². The van der Waals surface area contributed by atoms with Crippen molar-refractivity contribution in [3.05, 3.63) is 30.0 Å². The molecular weight excluding hydrogens is 240 g/mol. The Morgan fingerprint density at radius 2 is 2.26 bits per heavy atom. The summed E-state index contributed by atoms with van der Waals surface area (Å²) in [6.07, 6.45) is 1.85. The van der Waals surface area contributed by atoms with Crippen LogP contribution >= 0.6 is 0 Å².